The number of amides is 2. The summed E-state index contributed by atoms with van der Waals surface area (Å²) in [5.74, 6) is 0.627. The lowest BCUT2D eigenvalue weighted by molar-refractivity contribution is -0.108. The Labute approximate surface area is 105 Å². The minimum atomic E-state index is -0.177. The van der Waals surface area contributed by atoms with E-state index in [1.54, 1.807) is 4.90 Å². The van der Waals surface area contributed by atoms with Crippen LogP contribution in [0.1, 0.15) is 18.9 Å². The molecule has 6 heteroatoms. The van der Waals surface area contributed by atoms with Crippen molar-refractivity contribution in [2.24, 2.45) is 0 Å². The van der Waals surface area contributed by atoms with Gasteiger partial charge in [-0.25, -0.2) is 9.78 Å². The van der Waals surface area contributed by atoms with Gasteiger partial charge in [-0.3, -0.25) is 5.32 Å². The number of nitrogens with zero attached hydrogens (tertiary/aromatic N) is 2. The van der Waals surface area contributed by atoms with Crippen LogP contribution in [0, 0.1) is 6.92 Å². The highest BCUT2D eigenvalue weighted by atomic mass is 32.1. The minimum Gasteiger partial charge on any atom is -0.372 e. The summed E-state index contributed by atoms with van der Waals surface area (Å²) in [6.07, 6.45) is 0. The first-order chi connectivity index (χ1) is 8.02. The Morgan fingerprint density at radius 2 is 2.41 bits per heavy atom. The maximum Gasteiger partial charge on any atom is 0.323 e. The third-order valence-corrected chi connectivity index (χ3v) is 3.46. The van der Waals surface area contributed by atoms with E-state index in [0.29, 0.717) is 25.5 Å². The molecule has 0 bridgehead atoms. The van der Waals surface area contributed by atoms with Crippen LogP contribution in [-0.4, -0.2) is 41.2 Å². The van der Waals surface area contributed by atoms with E-state index in [0.717, 1.165) is 5.01 Å². The van der Waals surface area contributed by atoms with Gasteiger partial charge in [-0.1, -0.05) is 0 Å². The van der Waals surface area contributed by atoms with Gasteiger partial charge in [0.15, 0.2) is 0 Å². The SMILES string of the molecule is CCOC1(C)CN(C(=O)Nc2csc(C)n2)C1. The average Bonchev–Trinajstić information content (AvgIpc) is 2.60. The van der Waals surface area contributed by atoms with Gasteiger partial charge < -0.3 is 9.64 Å². The first-order valence-electron chi connectivity index (χ1n) is 5.64. The minimum absolute atomic E-state index is 0.104. The van der Waals surface area contributed by atoms with E-state index in [9.17, 15) is 4.79 Å². The first-order valence-corrected chi connectivity index (χ1v) is 6.52. The second kappa shape index (κ2) is 4.62. The summed E-state index contributed by atoms with van der Waals surface area (Å²) in [7, 11) is 0. The number of anilines is 1. The molecular formula is C11H17N3O2S. The molecule has 1 fully saturated rings. The second-order valence-corrected chi connectivity index (χ2v) is 5.48. The van der Waals surface area contributed by atoms with Gasteiger partial charge in [0.1, 0.15) is 11.4 Å². The molecule has 0 unspecified atom stereocenters. The van der Waals surface area contributed by atoms with E-state index >= 15 is 0 Å². The van der Waals surface area contributed by atoms with Gasteiger partial charge in [0, 0.05) is 12.0 Å². The number of ether oxygens (including phenoxy) is 1. The fourth-order valence-corrected chi connectivity index (χ4v) is 2.50. The van der Waals surface area contributed by atoms with Gasteiger partial charge in [-0.2, -0.15) is 0 Å². The second-order valence-electron chi connectivity index (χ2n) is 4.42. The van der Waals surface area contributed by atoms with Gasteiger partial charge in [0.25, 0.3) is 0 Å². The largest absolute Gasteiger partial charge is 0.372 e. The molecule has 1 N–H and O–H groups in total. The molecule has 2 heterocycles. The Morgan fingerprint density at radius 3 is 2.94 bits per heavy atom. The average molecular weight is 255 g/mol. The van der Waals surface area contributed by atoms with E-state index in [-0.39, 0.29) is 11.6 Å². The van der Waals surface area contributed by atoms with Crippen LogP contribution in [0.4, 0.5) is 10.6 Å². The molecule has 2 amide bonds. The maximum atomic E-state index is 11.8. The third kappa shape index (κ3) is 2.76. The number of aryl methyl sites for hydroxylation is 1. The van der Waals surface area contributed by atoms with Gasteiger partial charge in [0.05, 0.1) is 18.1 Å². The summed E-state index contributed by atoms with van der Waals surface area (Å²) in [6, 6.07) is -0.104. The fraction of sp³-hybridized carbons (Fsp3) is 0.636. The normalized spacial score (nSPS) is 17.7. The summed E-state index contributed by atoms with van der Waals surface area (Å²) in [5.41, 5.74) is -0.177. The van der Waals surface area contributed by atoms with E-state index < -0.39 is 0 Å². The van der Waals surface area contributed by atoms with Crippen LogP contribution in [-0.2, 0) is 4.74 Å². The number of nitrogens with one attached hydrogen (secondary N) is 1. The Kier molecular flexibility index (Phi) is 3.35. The molecule has 1 aliphatic heterocycles. The Balaban J connectivity index is 1.83. The molecule has 0 atom stereocenters. The van der Waals surface area contributed by atoms with E-state index in [1.165, 1.54) is 11.3 Å². The van der Waals surface area contributed by atoms with Crippen LogP contribution in [0.25, 0.3) is 0 Å². The number of urea groups is 1. The van der Waals surface area contributed by atoms with Gasteiger partial charge in [0.2, 0.25) is 0 Å². The number of carbonyl (C=O) groups excluding carboxylic acids is 1. The van der Waals surface area contributed by atoms with Crippen molar-refractivity contribution in [3.05, 3.63) is 10.4 Å². The summed E-state index contributed by atoms with van der Waals surface area (Å²) in [6.45, 7) is 7.85. The molecule has 0 radical (unpaired) electrons. The highest BCUT2D eigenvalue weighted by Crippen LogP contribution is 2.25. The van der Waals surface area contributed by atoms with E-state index in [2.05, 4.69) is 10.3 Å². The van der Waals surface area contributed by atoms with Crippen molar-refractivity contribution in [3.8, 4) is 0 Å². The highest BCUT2D eigenvalue weighted by molar-refractivity contribution is 7.09. The molecule has 2 rings (SSSR count). The van der Waals surface area contributed by atoms with Gasteiger partial charge >= 0.3 is 6.03 Å². The van der Waals surface area contributed by atoms with E-state index in [1.807, 2.05) is 26.2 Å². The number of hydrogen-bond donors (Lipinski definition) is 1. The number of rotatable bonds is 3. The molecule has 1 saturated heterocycles. The monoisotopic (exact) mass is 255 g/mol. The summed E-state index contributed by atoms with van der Waals surface area (Å²) < 4.78 is 5.56. The van der Waals surface area contributed by atoms with Crippen molar-refractivity contribution in [2.75, 3.05) is 25.0 Å². The Hall–Kier alpha value is -1.14. The zero-order chi connectivity index (χ0) is 12.5. The molecule has 0 spiro atoms. The molecule has 5 nitrogen and oxygen atoms in total. The van der Waals surface area contributed by atoms with Crippen molar-refractivity contribution >= 4 is 23.2 Å². The zero-order valence-corrected chi connectivity index (χ0v) is 11.1. The zero-order valence-electron chi connectivity index (χ0n) is 10.3. The van der Waals surface area contributed by atoms with Crippen LogP contribution in [0.5, 0.6) is 0 Å². The molecule has 0 saturated carbocycles. The Morgan fingerprint density at radius 1 is 1.71 bits per heavy atom. The number of hydrogen-bond acceptors (Lipinski definition) is 4. The number of carbonyl (C=O) groups is 1. The summed E-state index contributed by atoms with van der Waals surface area (Å²) in [4.78, 5) is 17.7. The van der Waals surface area contributed by atoms with Crippen molar-refractivity contribution < 1.29 is 9.53 Å². The smallest absolute Gasteiger partial charge is 0.323 e. The molecule has 1 aromatic heterocycles. The molecular weight excluding hydrogens is 238 g/mol. The number of thiazole rings is 1. The van der Waals surface area contributed by atoms with Crippen molar-refractivity contribution in [2.45, 2.75) is 26.4 Å². The first kappa shape index (κ1) is 12.3. The van der Waals surface area contributed by atoms with Crippen molar-refractivity contribution in [1.82, 2.24) is 9.88 Å². The summed E-state index contributed by atoms with van der Waals surface area (Å²) >= 11 is 1.52. The predicted molar refractivity (Wildman–Crippen MR) is 67.5 cm³/mol. The number of aromatic nitrogens is 1. The maximum absolute atomic E-state index is 11.8. The fourth-order valence-electron chi connectivity index (χ4n) is 1.95. The lowest BCUT2D eigenvalue weighted by Gasteiger charge is -2.47. The van der Waals surface area contributed by atoms with Crippen LogP contribution < -0.4 is 5.32 Å². The highest BCUT2D eigenvalue weighted by Gasteiger charge is 2.42. The number of likely N-dealkylation sites (tertiary alicyclic amines) is 1. The van der Waals surface area contributed by atoms with Crippen LogP contribution in [0.2, 0.25) is 0 Å². The van der Waals surface area contributed by atoms with Crippen molar-refractivity contribution in [3.63, 3.8) is 0 Å². The van der Waals surface area contributed by atoms with E-state index in [4.69, 9.17) is 4.74 Å². The Bertz CT molecular complexity index is 413. The topological polar surface area (TPSA) is 54.5 Å². The van der Waals surface area contributed by atoms with Crippen LogP contribution in [0.3, 0.4) is 0 Å². The molecule has 1 aliphatic rings. The van der Waals surface area contributed by atoms with Crippen LogP contribution in [0.15, 0.2) is 5.38 Å². The summed E-state index contributed by atoms with van der Waals surface area (Å²) in [5, 5.41) is 5.56. The van der Waals surface area contributed by atoms with Crippen molar-refractivity contribution in [1.29, 1.82) is 0 Å². The van der Waals surface area contributed by atoms with Gasteiger partial charge in [-0.15, -0.1) is 11.3 Å². The molecule has 0 aliphatic carbocycles. The van der Waals surface area contributed by atoms with Crippen LogP contribution >= 0.6 is 11.3 Å². The lowest BCUT2D eigenvalue weighted by Crippen LogP contribution is -2.63. The predicted octanol–water partition coefficient (Wildman–Crippen LogP) is 2.09. The quantitative estimate of drug-likeness (QED) is 0.899. The third-order valence-electron chi connectivity index (χ3n) is 2.68. The standard InChI is InChI=1S/C11H17N3O2S/c1-4-16-11(3)6-14(7-11)10(15)13-9-5-17-8(2)12-9/h5H,4,6-7H2,1-3H3,(H,13,15). The lowest BCUT2D eigenvalue weighted by atomic mass is 9.97. The van der Waals surface area contributed by atoms with Gasteiger partial charge in [-0.05, 0) is 20.8 Å². The molecule has 17 heavy (non-hydrogen) atoms. The molecule has 0 aromatic carbocycles. The molecule has 94 valence electrons. The molecule has 1 aromatic rings.